The van der Waals surface area contributed by atoms with Crippen molar-refractivity contribution in [3.63, 3.8) is 0 Å². The maximum atomic E-state index is 6.95. The summed E-state index contributed by atoms with van der Waals surface area (Å²) >= 11 is 0. The molecule has 0 fully saturated rings. The van der Waals surface area contributed by atoms with Gasteiger partial charge in [-0.3, -0.25) is 4.98 Å². The summed E-state index contributed by atoms with van der Waals surface area (Å²) in [6.07, 6.45) is 19.2. The van der Waals surface area contributed by atoms with E-state index in [1.807, 2.05) is 24.4 Å². The highest BCUT2D eigenvalue weighted by atomic mass is 16.3. The molecule has 3 heterocycles. The highest BCUT2D eigenvalue weighted by molar-refractivity contribution is 6.28. The van der Waals surface area contributed by atoms with Gasteiger partial charge in [0.05, 0.1) is 34.7 Å². The Kier molecular flexibility index (Phi) is 5.14. The summed E-state index contributed by atoms with van der Waals surface area (Å²) < 4.78 is 6.95. The van der Waals surface area contributed by atoms with Crippen LogP contribution >= 0.6 is 0 Å². The molecule has 45 heavy (non-hydrogen) atoms. The molecule has 10 rings (SSSR count). The Balaban J connectivity index is 1.26. The second-order valence-electron chi connectivity index (χ2n) is 12.0. The number of nitrogens with zero attached hydrogens (tertiary/aromatic N) is 3. The van der Waals surface area contributed by atoms with Crippen LogP contribution in [0.5, 0.6) is 0 Å². The molecular weight excluding hydrogens is 550 g/mol. The van der Waals surface area contributed by atoms with E-state index in [0.29, 0.717) is 0 Å². The summed E-state index contributed by atoms with van der Waals surface area (Å²) in [6.45, 7) is 0. The van der Waals surface area contributed by atoms with Gasteiger partial charge in [-0.2, -0.15) is 0 Å². The SMILES string of the molecule is C1=CCc2ccc3oc4c5c(c6ccccc6c4c3c2C=C1)C1=CC=CCC1N5c1ccc2nc(-c3ccccc3)cnc2c1. The summed E-state index contributed by atoms with van der Waals surface area (Å²) in [5, 5.41) is 4.88. The Morgan fingerprint density at radius 2 is 1.67 bits per heavy atom. The van der Waals surface area contributed by atoms with Crippen molar-refractivity contribution in [3.05, 3.63) is 144 Å². The minimum Gasteiger partial charge on any atom is -0.454 e. The van der Waals surface area contributed by atoms with Gasteiger partial charge in [-0.25, -0.2) is 4.98 Å². The molecular formula is C41H27N3O. The molecule has 212 valence electrons. The van der Waals surface area contributed by atoms with Crippen LogP contribution in [0, 0.1) is 0 Å². The van der Waals surface area contributed by atoms with E-state index in [9.17, 15) is 0 Å². The molecule has 1 unspecified atom stereocenters. The number of fused-ring (bicyclic) bond motifs is 13. The van der Waals surface area contributed by atoms with E-state index >= 15 is 0 Å². The first kappa shape index (κ1) is 24.7. The maximum Gasteiger partial charge on any atom is 0.160 e. The Morgan fingerprint density at radius 1 is 0.778 bits per heavy atom. The highest BCUT2D eigenvalue weighted by Gasteiger charge is 2.40. The van der Waals surface area contributed by atoms with E-state index in [0.717, 1.165) is 57.7 Å². The molecule has 0 saturated heterocycles. The van der Waals surface area contributed by atoms with Gasteiger partial charge in [-0.15, -0.1) is 0 Å². The predicted octanol–water partition coefficient (Wildman–Crippen LogP) is 10.3. The van der Waals surface area contributed by atoms with Crippen LogP contribution in [0.1, 0.15) is 23.1 Å². The monoisotopic (exact) mass is 577 g/mol. The van der Waals surface area contributed by atoms with Crippen LogP contribution in [-0.2, 0) is 6.42 Å². The largest absolute Gasteiger partial charge is 0.454 e. The molecule has 7 aromatic rings. The molecule has 5 aromatic carbocycles. The van der Waals surface area contributed by atoms with E-state index in [2.05, 4.69) is 114 Å². The summed E-state index contributed by atoms with van der Waals surface area (Å²) in [4.78, 5) is 12.4. The zero-order valence-corrected chi connectivity index (χ0v) is 24.4. The second-order valence-corrected chi connectivity index (χ2v) is 12.0. The van der Waals surface area contributed by atoms with Crippen molar-refractivity contribution in [3.8, 4) is 11.3 Å². The first-order chi connectivity index (χ1) is 22.3. The number of aromatic nitrogens is 2. The molecule has 0 N–H and O–H groups in total. The van der Waals surface area contributed by atoms with E-state index in [1.165, 1.54) is 43.8 Å². The summed E-state index contributed by atoms with van der Waals surface area (Å²) in [6, 6.07) is 30.1. The molecule has 0 radical (unpaired) electrons. The lowest BCUT2D eigenvalue weighted by atomic mass is 9.90. The smallest absolute Gasteiger partial charge is 0.160 e. The van der Waals surface area contributed by atoms with Crippen molar-refractivity contribution < 1.29 is 4.42 Å². The lowest BCUT2D eigenvalue weighted by Gasteiger charge is -2.28. The third-order valence-electron chi connectivity index (χ3n) is 9.60. The number of allylic oxidation sites excluding steroid dienone is 5. The van der Waals surface area contributed by atoms with Gasteiger partial charge in [-0.05, 0) is 64.6 Å². The van der Waals surface area contributed by atoms with Crippen LogP contribution in [0.25, 0.3) is 66.7 Å². The van der Waals surface area contributed by atoms with E-state index in [1.54, 1.807) is 0 Å². The van der Waals surface area contributed by atoms with Gasteiger partial charge < -0.3 is 9.32 Å². The van der Waals surface area contributed by atoms with Gasteiger partial charge in [0.1, 0.15) is 5.58 Å². The first-order valence-electron chi connectivity index (χ1n) is 15.6. The van der Waals surface area contributed by atoms with Gasteiger partial charge in [0.25, 0.3) is 0 Å². The van der Waals surface area contributed by atoms with Crippen LogP contribution in [0.4, 0.5) is 11.4 Å². The Bertz CT molecular complexity index is 2500. The molecule has 4 heteroatoms. The molecule has 3 aliphatic rings. The quantitative estimate of drug-likeness (QED) is 0.205. The molecule has 0 saturated carbocycles. The van der Waals surface area contributed by atoms with Crippen molar-refractivity contribution in [1.82, 2.24) is 9.97 Å². The van der Waals surface area contributed by atoms with E-state index in [4.69, 9.17) is 14.4 Å². The summed E-state index contributed by atoms with van der Waals surface area (Å²) in [5.74, 6) is 0. The van der Waals surface area contributed by atoms with Crippen LogP contribution in [0.2, 0.25) is 0 Å². The van der Waals surface area contributed by atoms with Crippen LogP contribution in [0.15, 0.2) is 132 Å². The van der Waals surface area contributed by atoms with Gasteiger partial charge >= 0.3 is 0 Å². The van der Waals surface area contributed by atoms with Crippen molar-refractivity contribution in [1.29, 1.82) is 0 Å². The minimum atomic E-state index is 0.155. The molecule has 1 aliphatic heterocycles. The van der Waals surface area contributed by atoms with Gasteiger partial charge in [0.15, 0.2) is 5.58 Å². The normalized spacial score (nSPS) is 16.8. The Labute approximate surface area is 260 Å². The lowest BCUT2D eigenvalue weighted by molar-refractivity contribution is 0.667. The zero-order chi connectivity index (χ0) is 29.5. The third kappa shape index (κ3) is 3.54. The van der Waals surface area contributed by atoms with Crippen LogP contribution < -0.4 is 4.90 Å². The van der Waals surface area contributed by atoms with Crippen molar-refractivity contribution in [2.75, 3.05) is 4.90 Å². The standard InChI is InChI=1S/C41H27N3O/c1-4-12-26(13-5-1)34-24-42-33-23-27(20-21-32(33)43-34)44-35-18-10-9-17-31(35)37-29-15-7-8-16-30(29)39-38-28-14-6-2-3-11-25(28)19-22-36(38)45-41(39)40(37)44/h1-10,12-17,19-24,35H,11,18H2. The fourth-order valence-electron chi connectivity index (χ4n) is 7.63. The number of hydrogen-bond donors (Lipinski definition) is 0. The second kappa shape index (κ2) is 9.38. The van der Waals surface area contributed by atoms with Gasteiger partial charge in [0, 0.05) is 27.6 Å². The fraction of sp³-hybridized carbons (Fsp3) is 0.0732. The molecule has 0 spiro atoms. The molecule has 2 aliphatic carbocycles. The number of hydrogen-bond acceptors (Lipinski definition) is 4. The number of benzene rings is 5. The first-order valence-corrected chi connectivity index (χ1v) is 15.6. The zero-order valence-electron chi connectivity index (χ0n) is 24.4. The molecule has 4 nitrogen and oxygen atoms in total. The van der Waals surface area contributed by atoms with Crippen molar-refractivity contribution in [2.24, 2.45) is 0 Å². The lowest BCUT2D eigenvalue weighted by Crippen LogP contribution is -2.27. The summed E-state index contributed by atoms with van der Waals surface area (Å²) in [5.41, 5.74) is 13.0. The van der Waals surface area contributed by atoms with E-state index in [-0.39, 0.29) is 6.04 Å². The van der Waals surface area contributed by atoms with Crippen molar-refractivity contribution in [2.45, 2.75) is 18.9 Å². The topological polar surface area (TPSA) is 42.2 Å². The van der Waals surface area contributed by atoms with Crippen LogP contribution in [0.3, 0.4) is 0 Å². The number of anilines is 2. The fourth-order valence-corrected chi connectivity index (χ4v) is 7.63. The predicted molar refractivity (Wildman–Crippen MR) is 186 cm³/mol. The van der Waals surface area contributed by atoms with Gasteiger partial charge in [0.2, 0.25) is 0 Å². The van der Waals surface area contributed by atoms with E-state index < -0.39 is 0 Å². The molecule has 0 amide bonds. The minimum absolute atomic E-state index is 0.155. The molecule has 2 aromatic heterocycles. The average Bonchev–Trinajstić information content (AvgIpc) is 3.56. The Morgan fingerprint density at radius 3 is 2.60 bits per heavy atom. The highest BCUT2D eigenvalue weighted by Crippen LogP contribution is 2.56. The average molecular weight is 578 g/mol. The maximum absolute atomic E-state index is 6.95. The molecule has 1 atom stereocenters. The number of rotatable bonds is 2. The van der Waals surface area contributed by atoms with Gasteiger partial charge in [-0.1, -0.05) is 103 Å². The van der Waals surface area contributed by atoms with Crippen LogP contribution in [-0.4, -0.2) is 16.0 Å². The Hall–Kier alpha value is -5.74. The molecule has 0 bridgehead atoms. The van der Waals surface area contributed by atoms with Crippen molar-refractivity contribution >= 4 is 66.8 Å². The summed E-state index contributed by atoms with van der Waals surface area (Å²) in [7, 11) is 0. The number of furan rings is 1. The third-order valence-corrected chi connectivity index (χ3v) is 9.60.